The summed E-state index contributed by atoms with van der Waals surface area (Å²) in [5, 5.41) is 7.74. The van der Waals surface area contributed by atoms with Crippen LogP contribution in [0.2, 0.25) is 0 Å². The molecule has 0 aliphatic carbocycles. The Morgan fingerprint density at radius 1 is 1.73 bits per heavy atom. The predicted octanol–water partition coefficient (Wildman–Crippen LogP) is 0.609. The summed E-state index contributed by atoms with van der Waals surface area (Å²) in [6.45, 7) is 6.21. The maximum absolute atomic E-state index is 5.69. The molecule has 60 valence electrons. The van der Waals surface area contributed by atoms with Gasteiger partial charge in [0.1, 0.15) is 11.5 Å². The second-order valence-electron chi connectivity index (χ2n) is 2.25. The van der Waals surface area contributed by atoms with Crippen LogP contribution in [0.5, 0.6) is 0 Å². The smallest absolute Gasteiger partial charge is 0.145 e. The highest BCUT2D eigenvalue weighted by Crippen LogP contribution is 2.07. The van der Waals surface area contributed by atoms with E-state index >= 15 is 0 Å². The van der Waals surface area contributed by atoms with Crippen molar-refractivity contribution in [2.24, 2.45) is 0 Å². The summed E-state index contributed by atoms with van der Waals surface area (Å²) >= 11 is 0. The minimum atomic E-state index is 0.624. The van der Waals surface area contributed by atoms with E-state index < -0.39 is 0 Å². The minimum Gasteiger partial charge on any atom is -0.382 e. The van der Waals surface area contributed by atoms with Gasteiger partial charge in [-0.25, -0.2) is 4.68 Å². The van der Waals surface area contributed by atoms with Crippen LogP contribution < -0.4 is 5.73 Å². The van der Waals surface area contributed by atoms with Gasteiger partial charge in [-0.15, -0.1) is 11.7 Å². The molecule has 2 N–H and O–H groups in total. The van der Waals surface area contributed by atoms with Gasteiger partial charge < -0.3 is 5.73 Å². The zero-order valence-electron chi connectivity index (χ0n) is 6.62. The van der Waals surface area contributed by atoms with Gasteiger partial charge in [0.2, 0.25) is 0 Å². The number of aromatic nitrogens is 3. The molecule has 0 aliphatic heterocycles. The van der Waals surface area contributed by atoms with E-state index in [4.69, 9.17) is 5.73 Å². The molecule has 4 heteroatoms. The Balaban J connectivity index is 2.90. The lowest BCUT2D eigenvalue weighted by atomic mass is 10.3. The first-order valence-electron chi connectivity index (χ1n) is 3.58. The van der Waals surface area contributed by atoms with E-state index in [1.165, 1.54) is 0 Å². The van der Waals surface area contributed by atoms with E-state index in [9.17, 15) is 0 Å². The maximum Gasteiger partial charge on any atom is 0.145 e. The number of rotatable bonds is 3. The molecule has 0 saturated carbocycles. The van der Waals surface area contributed by atoms with Crippen LogP contribution in [0.1, 0.15) is 12.6 Å². The van der Waals surface area contributed by atoms with Gasteiger partial charge in [-0.3, -0.25) is 0 Å². The Bertz CT molecular complexity index is 251. The second kappa shape index (κ2) is 3.18. The van der Waals surface area contributed by atoms with Crippen molar-refractivity contribution in [3.8, 4) is 0 Å². The highest BCUT2D eigenvalue weighted by atomic mass is 15.4. The van der Waals surface area contributed by atoms with Gasteiger partial charge in [0.15, 0.2) is 0 Å². The lowest BCUT2D eigenvalue weighted by Gasteiger charge is -1.96. The molecule has 1 heterocycles. The van der Waals surface area contributed by atoms with Crippen molar-refractivity contribution in [3.63, 3.8) is 0 Å². The summed E-state index contributed by atoms with van der Waals surface area (Å²) in [7, 11) is 0. The zero-order chi connectivity index (χ0) is 8.27. The predicted molar refractivity (Wildman–Crippen MR) is 44.0 cm³/mol. The lowest BCUT2D eigenvalue weighted by Crippen LogP contribution is -2.03. The van der Waals surface area contributed by atoms with Crippen LogP contribution in [-0.2, 0) is 13.0 Å². The van der Waals surface area contributed by atoms with Crippen molar-refractivity contribution in [2.75, 3.05) is 5.73 Å². The average molecular weight is 152 g/mol. The third-order valence-corrected chi connectivity index (χ3v) is 1.48. The number of allylic oxidation sites excluding steroid dienone is 1. The van der Waals surface area contributed by atoms with Gasteiger partial charge in [0, 0.05) is 0 Å². The molecular weight excluding hydrogens is 140 g/mol. The molecule has 0 spiro atoms. The molecule has 1 aromatic rings. The van der Waals surface area contributed by atoms with Crippen LogP contribution in [0.4, 0.5) is 5.82 Å². The molecule has 0 aliphatic rings. The van der Waals surface area contributed by atoms with Gasteiger partial charge >= 0.3 is 0 Å². The fourth-order valence-corrected chi connectivity index (χ4v) is 0.865. The van der Waals surface area contributed by atoms with Crippen LogP contribution in [0, 0.1) is 0 Å². The number of aryl methyl sites for hydroxylation is 1. The third kappa shape index (κ3) is 1.39. The number of nitrogens with zero attached hydrogens (tertiary/aromatic N) is 3. The molecule has 0 radical (unpaired) electrons. The van der Waals surface area contributed by atoms with Crippen molar-refractivity contribution in [3.05, 3.63) is 18.3 Å². The quantitative estimate of drug-likeness (QED) is 0.645. The standard InChI is InChI=1S/C7H12N4/c1-3-5-11-7(8)6(4-2)9-10-11/h3H,1,4-5,8H2,2H3. The molecule has 0 atom stereocenters. The molecule has 0 fully saturated rings. The average Bonchev–Trinajstić information content (AvgIpc) is 2.34. The third-order valence-electron chi connectivity index (χ3n) is 1.48. The SMILES string of the molecule is C=CCn1nnc(CC)c1N. The van der Waals surface area contributed by atoms with Crippen LogP contribution in [0.15, 0.2) is 12.7 Å². The lowest BCUT2D eigenvalue weighted by molar-refractivity contribution is 0.669. The highest BCUT2D eigenvalue weighted by molar-refractivity contribution is 5.33. The van der Waals surface area contributed by atoms with Crippen molar-refractivity contribution in [1.29, 1.82) is 0 Å². The molecule has 0 saturated heterocycles. The van der Waals surface area contributed by atoms with Gasteiger partial charge in [-0.05, 0) is 6.42 Å². The normalized spacial score (nSPS) is 9.91. The van der Waals surface area contributed by atoms with Gasteiger partial charge in [-0.1, -0.05) is 18.2 Å². The summed E-state index contributed by atoms with van der Waals surface area (Å²) in [5.74, 6) is 0.646. The first kappa shape index (κ1) is 7.78. The summed E-state index contributed by atoms with van der Waals surface area (Å²) in [6.07, 6.45) is 2.56. The molecular formula is C7H12N4. The highest BCUT2D eigenvalue weighted by Gasteiger charge is 2.04. The maximum atomic E-state index is 5.69. The Morgan fingerprint density at radius 3 is 2.91 bits per heavy atom. The van der Waals surface area contributed by atoms with E-state index in [0.717, 1.165) is 12.1 Å². The van der Waals surface area contributed by atoms with Crippen LogP contribution in [0.3, 0.4) is 0 Å². The van der Waals surface area contributed by atoms with Crippen molar-refractivity contribution in [2.45, 2.75) is 19.9 Å². The Morgan fingerprint density at radius 2 is 2.45 bits per heavy atom. The molecule has 0 aromatic carbocycles. The first-order chi connectivity index (χ1) is 5.29. The molecule has 11 heavy (non-hydrogen) atoms. The van der Waals surface area contributed by atoms with Crippen molar-refractivity contribution >= 4 is 5.82 Å². The molecule has 1 aromatic heterocycles. The van der Waals surface area contributed by atoms with Crippen LogP contribution in [0.25, 0.3) is 0 Å². The number of anilines is 1. The number of nitrogen functional groups attached to an aromatic ring is 1. The van der Waals surface area contributed by atoms with E-state index in [2.05, 4.69) is 16.9 Å². The molecule has 0 unspecified atom stereocenters. The van der Waals surface area contributed by atoms with Crippen molar-refractivity contribution < 1.29 is 0 Å². The number of nitrogens with two attached hydrogens (primary N) is 1. The van der Waals surface area contributed by atoms with E-state index in [0.29, 0.717) is 12.4 Å². The summed E-state index contributed by atoms with van der Waals surface area (Å²) < 4.78 is 1.63. The molecule has 0 bridgehead atoms. The monoisotopic (exact) mass is 152 g/mol. The Kier molecular flexibility index (Phi) is 2.25. The first-order valence-corrected chi connectivity index (χ1v) is 3.58. The summed E-state index contributed by atoms with van der Waals surface area (Å²) in [4.78, 5) is 0. The minimum absolute atomic E-state index is 0.624. The molecule has 4 nitrogen and oxygen atoms in total. The topological polar surface area (TPSA) is 56.7 Å². The molecule has 1 rings (SSSR count). The fraction of sp³-hybridized carbons (Fsp3) is 0.429. The number of hydrogen-bond donors (Lipinski definition) is 1. The summed E-state index contributed by atoms with van der Waals surface area (Å²) in [6, 6.07) is 0. The largest absolute Gasteiger partial charge is 0.382 e. The van der Waals surface area contributed by atoms with Gasteiger partial charge in [0.25, 0.3) is 0 Å². The van der Waals surface area contributed by atoms with E-state index in [1.807, 2.05) is 6.92 Å². The van der Waals surface area contributed by atoms with Gasteiger partial charge in [0.05, 0.1) is 6.54 Å². The van der Waals surface area contributed by atoms with E-state index in [1.54, 1.807) is 10.8 Å². The fourth-order valence-electron chi connectivity index (χ4n) is 0.865. The zero-order valence-corrected chi connectivity index (χ0v) is 6.62. The van der Waals surface area contributed by atoms with Crippen LogP contribution in [-0.4, -0.2) is 15.0 Å². The summed E-state index contributed by atoms with van der Waals surface area (Å²) in [5.41, 5.74) is 6.54. The van der Waals surface area contributed by atoms with Crippen molar-refractivity contribution in [1.82, 2.24) is 15.0 Å². The molecule has 0 amide bonds. The van der Waals surface area contributed by atoms with Crippen LogP contribution >= 0.6 is 0 Å². The Hall–Kier alpha value is -1.32. The Labute approximate surface area is 65.7 Å². The number of hydrogen-bond acceptors (Lipinski definition) is 3. The van der Waals surface area contributed by atoms with Gasteiger partial charge in [-0.2, -0.15) is 0 Å². The second-order valence-corrected chi connectivity index (χ2v) is 2.25. The van der Waals surface area contributed by atoms with E-state index in [-0.39, 0.29) is 0 Å².